The zero-order valence-electron chi connectivity index (χ0n) is 13.8. The first kappa shape index (κ1) is 17.5. The number of rotatable bonds is 9. The molecule has 0 radical (unpaired) electrons. The van der Waals surface area contributed by atoms with E-state index in [1.165, 1.54) is 25.7 Å². The van der Waals surface area contributed by atoms with Gasteiger partial charge in [-0.15, -0.1) is 0 Å². The lowest BCUT2D eigenvalue weighted by molar-refractivity contribution is 0.0750. The van der Waals surface area contributed by atoms with Crippen LogP contribution in [0.15, 0.2) is 18.2 Å². The second kappa shape index (κ2) is 9.43. The van der Waals surface area contributed by atoms with Gasteiger partial charge >= 0.3 is 0 Å². The third-order valence-corrected chi connectivity index (χ3v) is 3.79. The van der Waals surface area contributed by atoms with E-state index in [4.69, 9.17) is 5.73 Å². The van der Waals surface area contributed by atoms with Crippen LogP contribution in [0.25, 0.3) is 0 Å². The van der Waals surface area contributed by atoms with Crippen molar-refractivity contribution in [1.82, 2.24) is 4.90 Å². The van der Waals surface area contributed by atoms with Crippen LogP contribution in [0, 0.1) is 6.92 Å². The van der Waals surface area contributed by atoms with Gasteiger partial charge in [0.05, 0.1) is 5.56 Å². The molecule has 0 saturated heterocycles. The fourth-order valence-electron chi connectivity index (χ4n) is 2.45. The topological polar surface area (TPSA) is 46.3 Å². The van der Waals surface area contributed by atoms with Crippen LogP contribution in [0.1, 0.15) is 68.3 Å². The summed E-state index contributed by atoms with van der Waals surface area (Å²) in [7, 11) is 0. The first-order valence-electron chi connectivity index (χ1n) is 8.25. The lowest BCUT2D eigenvalue weighted by Crippen LogP contribution is -2.33. The Labute approximate surface area is 129 Å². The Balaban J connectivity index is 2.79. The first-order valence-corrected chi connectivity index (χ1v) is 8.25. The van der Waals surface area contributed by atoms with E-state index in [2.05, 4.69) is 13.8 Å². The largest absolute Gasteiger partial charge is 0.398 e. The number of unbranched alkanes of at least 4 members (excludes halogenated alkanes) is 4. The van der Waals surface area contributed by atoms with Crippen molar-refractivity contribution in [2.75, 3.05) is 18.8 Å². The van der Waals surface area contributed by atoms with E-state index < -0.39 is 0 Å². The molecule has 1 rings (SSSR count). The van der Waals surface area contributed by atoms with Crippen LogP contribution in [0.2, 0.25) is 0 Å². The maximum absolute atomic E-state index is 12.8. The molecule has 0 aliphatic carbocycles. The molecule has 118 valence electrons. The van der Waals surface area contributed by atoms with Gasteiger partial charge in [-0.3, -0.25) is 4.79 Å². The number of nitrogens with zero attached hydrogens (tertiary/aromatic N) is 1. The monoisotopic (exact) mass is 290 g/mol. The van der Waals surface area contributed by atoms with Crippen LogP contribution < -0.4 is 5.73 Å². The fourth-order valence-corrected chi connectivity index (χ4v) is 2.45. The Kier molecular flexibility index (Phi) is 7.88. The van der Waals surface area contributed by atoms with Crippen LogP contribution in [-0.4, -0.2) is 23.9 Å². The molecule has 0 heterocycles. The Hall–Kier alpha value is -1.51. The molecule has 0 saturated carbocycles. The van der Waals surface area contributed by atoms with Crippen molar-refractivity contribution in [2.24, 2.45) is 0 Å². The smallest absolute Gasteiger partial charge is 0.255 e. The molecule has 1 amide bonds. The number of amides is 1. The van der Waals surface area contributed by atoms with Crippen LogP contribution in [0.5, 0.6) is 0 Å². The lowest BCUT2D eigenvalue weighted by atomic mass is 10.1. The van der Waals surface area contributed by atoms with E-state index in [9.17, 15) is 4.79 Å². The van der Waals surface area contributed by atoms with Crippen molar-refractivity contribution < 1.29 is 4.79 Å². The molecule has 2 N–H and O–H groups in total. The number of nitrogen functional groups attached to an aromatic ring is 1. The van der Waals surface area contributed by atoms with Gasteiger partial charge in [0.15, 0.2) is 0 Å². The third kappa shape index (κ3) is 5.78. The quantitative estimate of drug-likeness (QED) is 0.541. The van der Waals surface area contributed by atoms with Crippen molar-refractivity contribution in [3.05, 3.63) is 29.3 Å². The second-order valence-corrected chi connectivity index (χ2v) is 5.80. The van der Waals surface area contributed by atoms with Gasteiger partial charge in [0.2, 0.25) is 0 Å². The lowest BCUT2D eigenvalue weighted by Gasteiger charge is -2.23. The average Bonchev–Trinajstić information content (AvgIpc) is 2.48. The van der Waals surface area contributed by atoms with Crippen molar-refractivity contribution in [3.63, 3.8) is 0 Å². The van der Waals surface area contributed by atoms with Crippen molar-refractivity contribution in [3.8, 4) is 0 Å². The Morgan fingerprint density at radius 1 is 1.05 bits per heavy atom. The standard InChI is InChI=1S/C18H30N2O/c1-4-6-8-12-20(13-9-7-5-2)18(21)16-14-15(3)10-11-17(16)19/h10-11,14H,4-9,12-13,19H2,1-3H3. The van der Waals surface area contributed by atoms with Crippen LogP contribution in [-0.2, 0) is 0 Å². The molecule has 0 spiro atoms. The predicted octanol–water partition coefficient (Wildman–Crippen LogP) is 4.40. The molecule has 0 aliphatic rings. The minimum atomic E-state index is 0.0865. The van der Waals surface area contributed by atoms with Crippen molar-refractivity contribution in [2.45, 2.75) is 59.3 Å². The molecule has 1 aromatic carbocycles. The van der Waals surface area contributed by atoms with Gasteiger partial charge in [0.1, 0.15) is 0 Å². The predicted molar refractivity (Wildman–Crippen MR) is 90.5 cm³/mol. The van der Waals surface area contributed by atoms with E-state index in [1.54, 1.807) is 0 Å². The maximum atomic E-state index is 12.8. The van der Waals surface area contributed by atoms with Crippen molar-refractivity contribution >= 4 is 11.6 Å². The normalized spacial score (nSPS) is 10.6. The number of benzene rings is 1. The van der Waals surface area contributed by atoms with E-state index >= 15 is 0 Å². The molecule has 0 aromatic heterocycles. The molecule has 21 heavy (non-hydrogen) atoms. The highest BCUT2D eigenvalue weighted by molar-refractivity contribution is 5.99. The van der Waals surface area contributed by atoms with Gasteiger partial charge in [0, 0.05) is 18.8 Å². The molecule has 0 unspecified atom stereocenters. The highest BCUT2D eigenvalue weighted by Gasteiger charge is 2.17. The number of hydrogen-bond donors (Lipinski definition) is 1. The Bertz CT molecular complexity index is 433. The summed E-state index contributed by atoms with van der Waals surface area (Å²) in [6, 6.07) is 5.69. The molecular weight excluding hydrogens is 260 g/mol. The Morgan fingerprint density at radius 3 is 2.14 bits per heavy atom. The van der Waals surface area contributed by atoms with Gasteiger partial charge in [-0.05, 0) is 31.9 Å². The molecule has 3 heteroatoms. The van der Waals surface area contributed by atoms with Crippen LogP contribution in [0.4, 0.5) is 5.69 Å². The van der Waals surface area contributed by atoms with Gasteiger partial charge in [0.25, 0.3) is 5.91 Å². The second-order valence-electron chi connectivity index (χ2n) is 5.80. The molecule has 3 nitrogen and oxygen atoms in total. The zero-order chi connectivity index (χ0) is 15.7. The summed E-state index contributed by atoms with van der Waals surface area (Å²) in [4.78, 5) is 14.7. The van der Waals surface area contributed by atoms with Crippen molar-refractivity contribution in [1.29, 1.82) is 0 Å². The summed E-state index contributed by atoms with van der Waals surface area (Å²) >= 11 is 0. The molecule has 1 aromatic rings. The molecule has 0 aliphatic heterocycles. The number of anilines is 1. The molecular formula is C18H30N2O. The van der Waals surface area contributed by atoms with Crippen LogP contribution >= 0.6 is 0 Å². The van der Waals surface area contributed by atoms with Crippen LogP contribution in [0.3, 0.4) is 0 Å². The van der Waals surface area contributed by atoms with E-state index in [-0.39, 0.29) is 5.91 Å². The van der Waals surface area contributed by atoms with Gasteiger partial charge in [-0.25, -0.2) is 0 Å². The summed E-state index contributed by atoms with van der Waals surface area (Å²) in [5, 5.41) is 0. The maximum Gasteiger partial charge on any atom is 0.255 e. The highest BCUT2D eigenvalue weighted by Crippen LogP contribution is 2.17. The number of nitrogens with two attached hydrogens (primary N) is 1. The fraction of sp³-hybridized carbons (Fsp3) is 0.611. The summed E-state index contributed by atoms with van der Waals surface area (Å²) in [6.07, 6.45) is 6.81. The minimum Gasteiger partial charge on any atom is -0.398 e. The number of aryl methyl sites for hydroxylation is 1. The summed E-state index contributed by atoms with van der Waals surface area (Å²) < 4.78 is 0. The first-order chi connectivity index (χ1) is 10.1. The number of hydrogen-bond acceptors (Lipinski definition) is 2. The zero-order valence-corrected chi connectivity index (χ0v) is 13.8. The number of carbonyl (C=O) groups excluding carboxylic acids is 1. The highest BCUT2D eigenvalue weighted by atomic mass is 16.2. The van der Waals surface area contributed by atoms with Gasteiger partial charge in [-0.2, -0.15) is 0 Å². The van der Waals surface area contributed by atoms with E-state index in [1.807, 2.05) is 30.0 Å². The summed E-state index contributed by atoms with van der Waals surface area (Å²) in [6.45, 7) is 8.03. The Morgan fingerprint density at radius 2 is 1.62 bits per heavy atom. The van der Waals surface area contributed by atoms with E-state index in [0.717, 1.165) is 31.5 Å². The molecule has 0 bridgehead atoms. The molecule has 0 fully saturated rings. The SMILES string of the molecule is CCCCCN(CCCCC)C(=O)c1cc(C)ccc1N. The van der Waals surface area contributed by atoms with Gasteiger partial charge in [-0.1, -0.05) is 51.2 Å². The third-order valence-electron chi connectivity index (χ3n) is 3.79. The average molecular weight is 290 g/mol. The van der Waals surface area contributed by atoms with Gasteiger partial charge < -0.3 is 10.6 Å². The summed E-state index contributed by atoms with van der Waals surface area (Å²) in [5.74, 6) is 0.0865. The van der Waals surface area contributed by atoms with E-state index in [0.29, 0.717) is 11.3 Å². The number of carbonyl (C=O) groups is 1. The molecule has 0 atom stereocenters. The minimum absolute atomic E-state index is 0.0865. The summed E-state index contributed by atoms with van der Waals surface area (Å²) in [5.41, 5.74) is 8.31.